The highest BCUT2D eigenvalue weighted by Crippen LogP contribution is 2.31. The zero-order valence-electron chi connectivity index (χ0n) is 11.1. The van der Waals surface area contributed by atoms with Crippen LogP contribution in [0, 0.1) is 5.82 Å². The summed E-state index contributed by atoms with van der Waals surface area (Å²) < 4.78 is 15.3. The minimum Gasteiger partial charge on any atom is -0.298 e. The fraction of sp³-hybridized carbons (Fsp3) is 0. The molecule has 0 spiro atoms. The first-order chi connectivity index (χ1) is 10.6. The molecule has 0 amide bonds. The number of aldehydes is 1. The van der Waals surface area contributed by atoms with E-state index in [1.165, 1.54) is 10.7 Å². The summed E-state index contributed by atoms with van der Waals surface area (Å²) in [4.78, 5) is 11.4. The van der Waals surface area contributed by atoms with Crippen LogP contribution in [0.25, 0.3) is 16.9 Å². The Labute approximate surface area is 135 Å². The van der Waals surface area contributed by atoms with Gasteiger partial charge in [0.15, 0.2) is 6.29 Å². The number of hydrogen-bond acceptors (Lipinski definition) is 2. The number of carbonyl (C=O) groups is 1. The van der Waals surface area contributed by atoms with E-state index in [-0.39, 0.29) is 22.0 Å². The van der Waals surface area contributed by atoms with Crippen molar-refractivity contribution in [3.63, 3.8) is 0 Å². The first-order valence-corrected chi connectivity index (χ1v) is 7.12. The van der Waals surface area contributed by atoms with Crippen LogP contribution in [-0.2, 0) is 0 Å². The summed E-state index contributed by atoms with van der Waals surface area (Å²) >= 11 is 12.2. The summed E-state index contributed by atoms with van der Waals surface area (Å²) in [6, 6.07) is 12.9. The lowest BCUT2D eigenvalue weighted by Crippen LogP contribution is -1.96. The third kappa shape index (κ3) is 2.51. The fourth-order valence-electron chi connectivity index (χ4n) is 2.15. The molecule has 0 bridgehead atoms. The average molecular weight is 335 g/mol. The first-order valence-electron chi connectivity index (χ1n) is 6.36. The molecule has 0 atom stereocenters. The largest absolute Gasteiger partial charge is 0.298 e. The number of rotatable bonds is 3. The molecule has 3 rings (SSSR count). The van der Waals surface area contributed by atoms with E-state index in [1.54, 1.807) is 42.5 Å². The van der Waals surface area contributed by atoms with Gasteiger partial charge in [-0.15, -0.1) is 0 Å². The zero-order chi connectivity index (χ0) is 15.7. The van der Waals surface area contributed by atoms with E-state index in [4.69, 9.17) is 23.2 Å². The maximum atomic E-state index is 14.0. The summed E-state index contributed by atoms with van der Waals surface area (Å²) in [6.45, 7) is 0. The SMILES string of the molecule is O=Cc1c(-c2ccccc2F)nn(-c2cccc(Cl)c2)c1Cl. The van der Waals surface area contributed by atoms with Gasteiger partial charge in [-0.3, -0.25) is 4.79 Å². The summed E-state index contributed by atoms with van der Waals surface area (Å²) in [7, 11) is 0. The van der Waals surface area contributed by atoms with Crippen LogP contribution in [0.5, 0.6) is 0 Å². The molecule has 0 aliphatic heterocycles. The molecule has 0 radical (unpaired) electrons. The molecule has 1 heterocycles. The molecular formula is C16H9Cl2FN2O. The smallest absolute Gasteiger partial charge is 0.155 e. The van der Waals surface area contributed by atoms with Gasteiger partial charge < -0.3 is 0 Å². The van der Waals surface area contributed by atoms with E-state index in [2.05, 4.69) is 5.10 Å². The zero-order valence-corrected chi connectivity index (χ0v) is 12.6. The molecule has 0 aliphatic rings. The molecule has 0 fully saturated rings. The van der Waals surface area contributed by atoms with Crippen molar-refractivity contribution < 1.29 is 9.18 Å². The van der Waals surface area contributed by atoms with Crippen LogP contribution in [0.15, 0.2) is 48.5 Å². The van der Waals surface area contributed by atoms with Crippen molar-refractivity contribution in [3.8, 4) is 16.9 Å². The summed E-state index contributed by atoms with van der Waals surface area (Å²) in [5, 5.41) is 4.89. The average Bonchev–Trinajstić information content (AvgIpc) is 2.84. The third-order valence-corrected chi connectivity index (χ3v) is 3.76. The standard InChI is InChI=1S/C16H9Cl2FN2O/c17-10-4-3-5-11(8-10)21-16(18)13(9-22)15(20-21)12-6-1-2-7-14(12)19/h1-9H. The quantitative estimate of drug-likeness (QED) is 0.645. The maximum absolute atomic E-state index is 14.0. The Morgan fingerprint density at radius 2 is 1.86 bits per heavy atom. The lowest BCUT2D eigenvalue weighted by atomic mass is 10.1. The predicted octanol–water partition coefficient (Wildman–Crippen LogP) is 4.80. The van der Waals surface area contributed by atoms with E-state index >= 15 is 0 Å². The molecule has 0 aliphatic carbocycles. The molecule has 6 heteroatoms. The highest BCUT2D eigenvalue weighted by atomic mass is 35.5. The van der Waals surface area contributed by atoms with Gasteiger partial charge in [0.2, 0.25) is 0 Å². The van der Waals surface area contributed by atoms with Gasteiger partial charge in [-0.1, -0.05) is 41.4 Å². The van der Waals surface area contributed by atoms with Crippen LogP contribution in [0.2, 0.25) is 10.2 Å². The van der Waals surface area contributed by atoms with E-state index in [9.17, 15) is 9.18 Å². The molecule has 110 valence electrons. The summed E-state index contributed by atoms with van der Waals surface area (Å²) in [5.74, 6) is -0.474. The van der Waals surface area contributed by atoms with Crippen LogP contribution in [-0.4, -0.2) is 16.1 Å². The van der Waals surface area contributed by atoms with Crippen LogP contribution >= 0.6 is 23.2 Å². The Bertz CT molecular complexity index is 861. The Morgan fingerprint density at radius 3 is 2.55 bits per heavy atom. The van der Waals surface area contributed by atoms with Gasteiger partial charge in [-0.25, -0.2) is 9.07 Å². The molecule has 3 aromatic rings. The van der Waals surface area contributed by atoms with E-state index in [0.717, 1.165) is 0 Å². The lowest BCUT2D eigenvalue weighted by Gasteiger charge is -2.03. The summed E-state index contributed by atoms with van der Waals surface area (Å²) in [5.41, 5.74) is 1.13. The highest BCUT2D eigenvalue weighted by Gasteiger charge is 2.20. The normalized spacial score (nSPS) is 10.7. The van der Waals surface area contributed by atoms with E-state index < -0.39 is 5.82 Å². The van der Waals surface area contributed by atoms with Crippen molar-refractivity contribution in [2.75, 3.05) is 0 Å². The van der Waals surface area contributed by atoms with Crippen molar-refractivity contribution in [2.45, 2.75) is 0 Å². The molecule has 0 saturated heterocycles. The van der Waals surface area contributed by atoms with Crippen LogP contribution < -0.4 is 0 Å². The van der Waals surface area contributed by atoms with Gasteiger partial charge in [-0.05, 0) is 30.3 Å². The van der Waals surface area contributed by atoms with Gasteiger partial charge in [0.1, 0.15) is 16.7 Å². The van der Waals surface area contributed by atoms with Crippen molar-refractivity contribution in [1.29, 1.82) is 0 Å². The van der Waals surface area contributed by atoms with E-state index in [1.807, 2.05) is 0 Å². The minimum atomic E-state index is -0.474. The molecule has 22 heavy (non-hydrogen) atoms. The molecule has 2 aromatic carbocycles. The van der Waals surface area contributed by atoms with Gasteiger partial charge in [0.05, 0.1) is 11.3 Å². The Kier molecular flexibility index (Phi) is 3.96. The fourth-order valence-corrected chi connectivity index (χ4v) is 2.60. The second-order valence-electron chi connectivity index (χ2n) is 4.54. The van der Waals surface area contributed by atoms with Crippen molar-refractivity contribution in [2.24, 2.45) is 0 Å². The predicted molar refractivity (Wildman–Crippen MR) is 84.4 cm³/mol. The first kappa shape index (κ1) is 14.8. The second kappa shape index (κ2) is 5.91. The van der Waals surface area contributed by atoms with Crippen LogP contribution in [0.3, 0.4) is 0 Å². The van der Waals surface area contributed by atoms with Crippen molar-refractivity contribution in [3.05, 3.63) is 70.1 Å². The van der Waals surface area contributed by atoms with Gasteiger partial charge >= 0.3 is 0 Å². The van der Waals surface area contributed by atoms with Crippen molar-refractivity contribution >= 4 is 29.5 Å². The molecule has 3 nitrogen and oxygen atoms in total. The number of halogens is 3. The van der Waals surface area contributed by atoms with Crippen LogP contribution in [0.1, 0.15) is 10.4 Å². The molecule has 1 aromatic heterocycles. The number of aromatic nitrogens is 2. The van der Waals surface area contributed by atoms with Crippen molar-refractivity contribution in [1.82, 2.24) is 9.78 Å². The molecule has 0 N–H and O–H groups in total. The van der Waals surface area contributed by atoms with E-state index in [0.29, 0.717) is 17.0 Å². The maximum Gasteiger partial charge on any atom is 0.155 e. The monoisotopic (exact) mass is 334 g/mol. The second-order valence-corrected chi connectivity index (χ2v) is 5.34. The van der Waals surface area contributed by atoms with Gasteiger partial charge in [0.25, 0.3) is 0 Å². The van der Waals surface area contributed by atoms with Crippen LogP contribution in [0.4, 0.5) is 4.39 Å². The Morgan fingerprint density at radius 1 is 1.09 bits per heavy atom. The topological polar surface area (TPSA) is 34.9 Å². The Balaban J connectivity index is 2.24. The highest BCUT2D eigenvalue weighted by molar-refractivity contribution is 6.33. The minimum absolute atomic E-state index is 0.107. The molecule has 0 saturated carbocycles. The lowest BCUT2D eigenvalue weighted by molar-refractivity contribution is 0.112. The number of benzene rings is 2. The Hall–Kier alpha value is -2.17. The number of nitrogens with zero attached hydrogens (tertiary/aromatic N) is 2. The molecule has 0 unspecified atom stereocenters. The van der Waals surface area contributed by atoms with Gasteiger partial charge in [0, 0.05) is 10.6 Å². The number of hydrogen-bond donors (Lipinski definition) is 0. The molecular weight excluding hydrogens is 326 g/mol. The summed E-state index contributed by atoms with van der Waals surface area (Å²) in [6.07, 6.45) is 0.568. The van der Waals surface area contributed by atoms with Gasteiger partial charge in [-0.2, -0.15) is 5.10 Å². The number of carbonyl (C=O) groups excluding carboxylic acids is 1. The third-order valence-electron chi connectivity index (χ3n) is 3.16.